The van der Waals surface area contributed by atoms with E-state index in [-0.39, 0.29) is 0 Å². The van der Waals surface area contributed by atoms with Crippen LogP contribution in [0.4, 0.5) is 0 Å². The summed E-state index contributed by atoms with van der Waals surface area (Å²) in [4.78, 5) is 5.15. The lowest BCUT2D eigenvalue weighted by atomic mass is 9.84. The van der Waals surface area contributed by atoms with E-state index in [4.69, 9.17) is 4.74 Å². The highest BCUT2D eigenvalue weighted by molar-refractivity contribution is 4.86. The molecule has 0 amide bonds. The van der Waals surface area contributed by atoms with Crippen molar-refractivity contribution in [2.75, 3.05) is 59.1 Å². The van der Waals surface area contributed by atoms with Crippen LogP contribution in [0.1, 0.15) is 38.5 Å². The van der Waals surface area contributed by atoms with Crippen LogP contribution in [-0.2, 0) is 4.74 Å². The van der Waals surface area contributed by atoms with Crippen molar-refractivity contribution in [2.24, 2.45) is 5.92 Å². The van der Waals surface area contributed by atoms with E-state index in [1.54, 1.807) is 0 Å². The summed E-state index contributed by atoms with van der Waals surface area (Å²) in [6, 6.07) is 1.21. The van der Waals surface area contributed by atoms with Gasteiger partial charge in [-0.05, 0) is 44.7 Å². The van der Waals surface area contributed by atoms with Crippen molar-refractivity contribution in [3.63, 3.8) is 0 Å². The van der Waals surface area contributed by atoms with Crippen molar-refractivity contribution >= 4 is 0 Å². The normalized spacial score (nSPS) is 32.2. The number of nitrogens with one attached hydrogen (secondary N) is 1. The second kappa shape index (κ2) is 9.33. The first-order chi connectivity index (χ1) is 11.3. The third-order valence-corrected chi connectivity index (χ3v) is 6.02. The molecule has 0 aromatic heterocycles. The van der Waals surface area contributed by atoms with E-state index in [0.717, 1.165) is 26.3 Å². The van der Waals surface area contributed by atoms with Gasteiger partial charge in [0.05, 0.1) is 13.2 Å². The predicted molar refractivity (Wildman–Crippen MR) is 92.7 cm³/mol. The second-order valence-electron chi connectivity index (χ2n) is 7.57. The first-order valence-electron chi connectivity index (χ1n) is 9.74. The number of piperidine rings is 1. The van der Waals surface area contributed by atoms with Gasteiger partial charge in [0, 0.05) is 44.9 Å². The van der Waals surface area contributed by atoms with Crippen molar-refractivity contribution in [3.8, 4) is 0 Å². The van der Waals surface area contributed by atoms with Gasteiger partial charge in [-0.3, -0.25) is 4.90 Å². The van der Waals surface area contributed by atoms with E-state index in [0.29, 0.717) is 24.6 Å². The van der Waals surface area contributed by atoms with Crippen LogP contribution < -0.4 is 5.32 Å². The fourth-order valence-electron chi connectivity index (χ4n) is 4.38. The fourth-order valence-corrected chi connectivity index (χ4v) is 4.38. The summed E-state index contributed by atoms with van der Waals surface area (Å²) in [7, 11) is 0. The summed E-state index contributed by atoms with van der Waals surface area (Å²) in [5.41, 5.74) is 0. The van der Waals surface area contributed by atoms with Crippen molar-refractivity contribution in [2.45, 2.75) is 50.6 Å². The highest BCUT2D eigenvalue weighted by Crippen LogP contribution is 2.25. The highest BCUT2D eigenvalue weighted by atomic mass is 16.5. The number of aliphatic hydroxyl groups excluding tert-OH is 1. The zero-order chi connectivity index (χ0) is 15.9. The predicted octanol–water partition coefficient (Wildman–Crippen LogP) is 0.924. The van der Waals surface area contributed by atoms with E-state index >= 15 is 0 Å². The molecule has 0 aromatic rings. The lowest BCUT2D eigenvalue weighted by Crippen LogP contribution is -2.51. The third-order valence-electron chi connectivity index (χ3n) is 6.02. The number of nitrogens with zero attached hydrogens (tertiary/aromatic N) is 2. The first-order valence-corrected chi connectivity index (χ1v) is 9.74. The molecule has 134 valence electrons. The Morgan fingerprint density at radius 3 is 2.22 bits per heavy atom. The number of hydrogen-bond acceptors (Lipinski definition) is 5. The molecule has 0 bridgehead atoms. The maximum absolute atomic E-state index is 9.56. The maximum Gasteiger partial charge on any atom is 0.0594 e. The van der Waals surface area contributed by atoms with Gasteiger partial charge in [0.1, 0.15) is 0 Å². The Morgan fingerprint density at radius 2 is 1.52 bits per heavy atom. The van der Waals surface area contributed by atoms with Crippen LogP contribution in [0.5, 0.6) is 0 Å². The Hall–Kier alpha value is -0.200. The molecule has 2 saturated heterocycles. The molecule has 5 nitrogen and oxygen atoms in total. The largest absolute Gasteiger partial charge is 0.396 e. The van der Waals surface area contributed by atoms with Crippen LogP contribution in [0.25, 0.3) is 0 Å². The van der Waals surface area contributed by atoms with Crippen molar-refractivity contribution in [1.29, 1.82) is 0 Å². The molecule has 2 N–H and O–H groups in total. The molecular weight excluding hydrogens is 290 g/mol. The lowest BCUT2D eigenvalue weighted by Gasteiger charge is -2.39. The minimum absolute atomic E-state index is 0.357. The Morgan fingerprint density at radius 1 is 0.870 bits per heavy atom. The van der Waals surface area contributed by atoms with Crippen molar-refractivity contribution in [1.82, 2.24) is 15.1 Å². The summed E-state index contributed by atoms with van der Waals surface area (Å²) in [5.74, 6) is 0.489. The molecule has 0 radical (unpaired) electrons. The van der Waals surface area contributed by atoms with Crippen LogP contribution in [0.15, 0.2) is 0 Å². The molecule has 2 aliphatic heterocycles. The molecule has 23 heavy (non-hydrogen) atoms. The summed E-state index contributed by atoms with van der Waals surface area (Å²) in [6.45, 7) is 9.20. The Labute approximate surface area is 141 Å². The summed E-state index contributed by atoms with van der Waals surface area (Å²) in [6.07, 6.45) is 7.60. The van der Waals surface area contributed by atoms with Gasteiger partial charge in [-0.1, -0.05) is 12.8 Å². The van der Waals surface area contributed by atoms with Gasteiger partial charge in [0.2, 0.25) is 0 Å². The van der Waals surface area contributed by atoms with Crippen LogP contribution in [-0.4, -0.2) is 86.1 Å². The SMILES string of the molecule is OCC1CCCCC1NC1CCN(CCN2CCOCC2)CC1. The molecule has 0 aromatic carbocycles. The van der Waals surface area contributed by atoms with Crippen molar-refractivity contribution < 1.29 is 9.84 Å². The Kier molecular flexibility index (Phi) is 7.14. The molecule has 3 aliphatic rings. The van der Waals surface area contributed by atoms with Gasteiger partial charge < -0.3 is 20.1 Å². The first kappa shape index (κ1) is 17.6. The van der Waals surface area contributed by atoms with Gasteiger partial charge in [-0.15, -0.1) is 0 Å². The average Bonchev–Trinajstić information content (AvgIpc) is 2.62. The number of morpholine rings is 1. The Bertz CT molecular complexity index is 328. The number of ether oxygens (including phenoxy) is 1. The summed E-state index contributed by atoms with van der Waals surface area (Å²) < 4.78 is 5.41. The zero-order valence-electron chi connectivity index (χ0n) is 14.6. The average molecular weight is 325 g/mol. The van der Waals surface area contributed by atoms with Gasteiger partial charge in [0.25, 0.3) is 0 Å². The van der Waals surface area contributed by atoms with Crippen LogP contribution in [0.2, 0.25) is 0 Å². The highest BCUT2D eigenvalue weighted by Gasteiger charge is 2.28. The van der Waals surface area contributed by atoms with Crippen LogP contribution in [0.3, 0.4) is 0 Å². The molecule has 1 aliphatic carbocycles. The van der Waals surface area contributed by atoms with E-state index in [9.17, 15) is 5.11 Å². The van der Waals surface area contributed by atoms with Gasteiger partial charge >= 0.3 is 0 Å². The van der Waals surface area contributed by atoms with E-state index in [1.807, 2.05) is 0 Å². The Balaban J connectivity index is 1.33. The number of hydrogen-bond donors (Lipinski definition) is 2. The minimum atomic E-state index is 0.357. The van der Waals surface area contributed by atoms with E-state index in [2.05, 4.69) is 15.1 Å². The van der Waals surface area contributed by atoms with Crippen LogP contribution in [0, 0.1) is 5.92 Å². The lowest BCUT2D eigenvalue weighted by molar-refractivity contribution is 0.0315. The maximum atomic E-state index is 9.56. The quantitative estimate of drug-likeness (QED) is 0.761. The summed E-state index contributed by atoms with van der Waals surface area (Å²) >= 11 is 0. The molecular formula is C18H35N3O2. The molecule has 1 saturated carbocycles. The minimum Gasteiger partial charge on any atom is -0.396 e. The number of likely N-dealkylation sites (tertiary alicyclic amines) is 1. The number of rotatable bonds is 6. The van der Waals surface area contributed by atoms with Gasteiger partial charge in [-0.2, -0.15) is 0 Å². The standard InChI is InChI=1S/C18H35N3O2/c22-15-16-3-1-2-4-18(16)19-17-5-7-20(8-6-17)9-10-21-11-13-23-14-12-21/h16-19,22H,1-15H2. The third kappa shape index (κ3) is 5.40. The summed E-state index contributed by atoms with van der Waals surface area (Å²) in [5, 5.41) is 13.4. The zero-order valence-corrected chi connectivity index (χ0v) is 14.6. The fraction of sp³-hybridized carbons (Fsp3) is 1.00. The number of aliphatic hydroxyl groups is 1. The van der Waals surface area contributed by atoms with Crippen molar-refractivity contribution in [3.05, 3.63) is 0 Å². The molecule has 0 spiro atoms. The molecule has 3 rings (SSSR count). The van der Waals surface area contributed by atoms with E-state index in [1.165, 1.54) is 64.7 Å². The molecule has 2 atom stereocenters. The topological polar surface area (TPSA) is 48.0 Å². The van der Waals surface area contributed by atoms with Crippen LogP contribution >= 0.6 is 0 Å². The molecule has 3 fully saturated rings. The smallest absolute Gasteiger partial charge is 0.0594 e. The van der Waals surface area contributed by atoms with E-state index < -0.39 is 0 Å². The van der Waals surface area contributed by atoms with Gasteiger partial charge in [0.15, 0.2) is 0 Å². The molecule has 2 heterocycles. The molecule has 2 unspecified atom stereocenters. The molecule has 5 heteroatoms. The van der Waals surface area contributed by atoms with Gasteiger partial charge in [-0.25, -0.2) is 0 Å². The second-order valence-corrected chi connectivity index (χ2v) is 7.57. The monoisotopic (exact) mass is 325 g/mol.